The molecule has 2 rings (SSSR count). The molecule has 0 atom stereocenters. The number of hydrogen-bond acceptors (Lipinski definition) is 5. The van der Waals surface area contributed by atoms with Crippen molar-refractivity contribution in [3.05, 3.63) is 67.3 Å². The molecule has 2 amide bonds. The molecule has 0 fully saturated rings. The molecule has 0 unspecified atom stereocenters. The van der Waals surface area contributed by atoms with E-state index in [1.807, 2.05) is 0 Å². The van der Waals surface area contributed by atoms with E-state index in [9.17, 15) is 22.6 Å². The van der Waals surface area contributed by atoms with Crippen LogP contribution in [0.4, 0.5) is 11.4 Å². The monoisotopic (exact) mass is 518 g/mol. The van der Waals surface area contributed by atoms with Crippen molar-refractivity contribution in [2.24, 2.45) is 0 Å². The summed E-state index contributed by atoms with van der Waals surface area (Å²) < 4.78 is 35.2. The molecular weight excluding hydrogens is 501 g/mol. The summed E-state index contributed by atoms with van der Waals surface area (Å²) in [6, 6.07) is 8.85. The Labute approximate surface area is 222 Å². The molecule has 0 aliphatic carbocycles. The van der Waals surface area contributed by atoms with Crippen LogP contribution >= 0.6 is 0 Å². The SMILES string of the molecule is C=CC(=O)Nc1ccc(-c2ccc(NC(=O)C=C)cc2S(=O)(=O)[O-])c(C)c1.[Cs+]. The smallest absolute Gasteiger partial charge is 0.744 e. The van der Waals surface area contributed by atoms with Crippen LogP contribution < -0.4 is 79.5 Å². The van der Waals surface area contributed by atoms with Crippen LogP contribution in [-0.4, -0.2) is 24.8 Å². The summed E-state index contributed by atoms with van der Waals surface area (Å²) in [4.78, 5) is 22.3. The first kappa shape index (κ1) is 24.9. The minimum absolute atomic E-state index is 0. The average molecular weight is 518 g/mol. The second kappa shape index (κ2) is 10.6. The molecule has 28 heavy (non-hydrogen) atoms. The molecule has 140 valence electrons. The molecular formula is C19H17CsN2O5S. The van der Waals surface area contributed by atoms with Gasteiger partial charge in [0.05, 0.1) is 4.90 Å². The van der Waals surface area contributed by atoms with E-state index >= 15 is 0 Å². The van der Waals surface area contributed by atoms with E-state index in [2.05, 4.69) is 23.8 Å². The average Bonchev–Trinajstić information content (AvgIpc) is 2.61. The van der Waals surface area contributed by atoms with E-state index in [4.69, 9.17) is 0 Å². The zero-order valence-electron chi connectivity index (χ0n) is 15.5. The van der Waals surface area contributed by atoms with Gasteiger partial charge in [-0.15, -0.1) is 0 Å². The van der Waals surface area contributed by atoms with Crippen molar-refractivity contribution in [2.75, 3.05) is 10.6 Å². The summed E-state index contributed by atoms with van der Waals surface area (Å²) in [5, 5.41) is 5.02. The van der Waals surface area contributed by atoms with Crippen LogP contribution in [0.2, 0.25) is 0 Å². The molecule has 2 N–H and O–H groups in total. The third kappa shape index (κ3) is 6.43. The third-order valence-corrected chi connectivity index (χ3v) is 4.55. The summed E-state index contributed by atoms with van der Waals surface area (Å²) in [6.45, 7) is 8.40. The number of nitrogens with one attached hydrogen (secondary N) is 2. The fourth-order valence-electron chi connectivity index (χ4n) is 2.46. The van der Waals surface area contributed by atoms with Gasteiger partial charge in [-0.05, 0) is 60.0 Å². The summed E-state index contributed by atoms with van der Waals surface area (Å²) >= 11 is 0. The van der Waals surface area contributed by atoms with Crippen molar-refractivity contribution < 1.29 is 91.5 Å². The molecule has 0 aromatic heterocycles. The summed E-state index contributed by atoms with van der Waals surface area (Å²) in [6.07, 6.45) is 2.15. The molecule has 0 aliphatic rings. The van der Waals surface area contributed by atoms with Crippen molar-refractivity contribution in [3.63, 3.8) is 0 Å². The van der Waals surface area contributed by atoms with E-state index in [1.165, 1.54) is 12.1 Å². The number of aryl methyl sites for hydroxylation is 1. The minimum atomic E-state index is -4.81. The predicted molar refractivity (Wildman–Crippen MR) is 102 cm³/mol. The van der Waals surface area contributed by atoms with Gasteiger partial charge in [0, 0.05) is 11.4 Å². The van der Waals surface area contributed by atoms with Crippen molar-refractivity contribution in [1.29, 1.82) is 0 Å². The van der Waals surface area contributed by atoms with Gasteiger partial charge in [-0.2, -0.15) is 0 Å². The second-order valence-corrected chi connectivity index (χ2v) is 6.93. The van der Waals surface area contributed by atoms with Gasteiger partial charge in [0.2, 0.25) is 11.8 Å². The third-order valence-electron chi connectivity index (χ3n) is 3.67. The fourth-order valence-corrected chi connectivity index (χ4v) is 3.18. The summed E-state index contributed by atoms with van der Waals surface area (Å²) in [7, 11) is -4.81. The predicted octanol–water partition coefficient (Wildman–Crippen LogP) is -0.181. The first-order valence-electron chi connectivity index (χ1n) is 7.73. The van der Waals surface area contributed by atoms with Gasteiger partial charge in [-0.1, -0.05) is 25.3 Å². The van der Waals surface area contributed by atoms with Gasteiger partial charge < -0.3 is 15.2 Å². The molecule has 0 aliphatic heterocycles. The Hall–Kier alpha value is -1.18. The van der Waals surface area contributed by atoms with Crippen LogP contribution in [-0.2, 0) is 19.7 Å². The molecule has 0 bridgehead atoms. The Morgan fingerprint density at radius 3 is 1.82 bits per heavy atom. The van der Waals surface area contributed by atoms with Gasteiger partial charge in [0.1, 0.15) is 10.1 Å². The molecule has 2 aromatic carbocycles. The van der Waals surface area contributed by atoms with Gasteiger partial charge in [-0.25, -0.2) is 8.42 Å². The van der Waals surface area contributed by atoms with Crippen LogP contribution in [0.5, 0.6) is 0 Å². The zero-order valence-corrected chi connectivity index (χ0v) is 22.6. The summed E-state index contributed by atoms with van der Waals surface area (Å²) in [5.41, 5.74) is 2.00. The van der Waals surface area contributed by atoms with Crippen LogP contribution in [0.3, 0.4) is 0 Å². The van der Waals surface area contributed by atoms with E-state index in [0.717, 1.165) is 18.2 Å². The number of carbonyl (C=O) groups excluding carboxylic acids is 2. The molecule has 7 nitrogen and oxygen atoms in total. The number of hydrogen-bond donors (Lipinski definition) is 2. The fraction of sp³-hybridized carbons (Fsp3) is 0.0526. The molecule has 0 heterocycles. The van der Waals surface area contributed by atoms with Crippen molar-refractivity contribution in [1.82, 2.24) is 0 Å². The minimum Gasteiger partial charge on any atom is -0.744 e. The van der Waals surface area contributed by atoms with Crippen molar-refractivity contribution in [3.8, 4) is 11.1 Å². The maximum Gasteiger partial charge on any atom is 1.00 e. The summed E-state index contributed by atoms with van der Waals surface area (Å²) in [5.74, 6) is -0.914. The topological polar surface area (TPSA) is 115 Å². The zero-order chi connectivity index (χ0) is 20.2. The van der Waals surface area contributed by atoms with Gasteiger partial charge in [0.25, 0.3) is 0 Å². The molecule has 0 saturated carbocycles. The normalized spacial score (nSPS) is 10.4. The molecule has 2 aromatic rings. The molecule has 9 heteroatoms. The van der Waals surface area contributed by atoms with Crippen LogP contribution in [0.25, 0.3) is 11.1 Å². The van der Waals surface area contributed by atoms with Crippen LogP contribution in [0.1, 0.15) is 5.56 Å². The largest absolute Gasteiger partial charge is 1.00 e. The van der Waals surface area contributed by atoms with Crippen molar-refractivity contribution >= 4 is 33.3 Å². The Morgan fingerprint density at radius 2 is 1.39 bits per heavy atom. The maximum atomic E-state index is 11.7. The van der Waals surface area contributed by atoms with Gasteiger partial charge in [0.15, 0.2) is 0 Å². The Balaban J connectivity index is 0.00000392. The molecule has 0 radical (unpaired) electrons. The number of anilines is 2. The molecule has 0 saturated heterocycles. The molecule has 0 spiro atoms. The number of amides is 2. The van der Waals surface area contributed by atoms with Crippen LogP contribution in [0, 0.1) is 6.92 Å². The second-order valence-electron chi connectivity index (χ2n) is 5.58. The standard InChI is InChI=1S/C19H18N2O5S.Cs/c1-4-18(22)20-13-6-8-15(12(3)10-13)16-9-7-14(21-19(23)5-2)11-17(16)27(24,25)26;/h4-11H,1-2H2,3H3,(H,20,22)(H,21,23)(H,24,25,26);/q;+1/p-1. The first-order chi connectivity index (χ1) is 12.7. The first-order valence-corrected chi connectivity index (χ1v) is 9.14. The van der Waals surface area contributed by atoms with Crippen molar-refractivity contribution in [2.45, 2.75) is 11.8 Å². The van der Waals surface area contributed by atoms with E-state index in [1.54, 1.807) is 25.1 Å². The Morgan fingerprint density at radius 1 is 0.929 bits per heavy atom. The quantitative estimate of drug-likeness (QED) is 0.407. The number of rotatable bonds is 6. The number of carbonyl (C=O) groups is 2. The van der Waals surface area contributed by atoms with Crippen LogP contribution in [0.15, 0.2) is 66.6 Å². The van der Waals surface area contributed by atoms with E-state index < -0.39 is 20.9 Å². The van der Waals surface area contributed by atoms with E-state index in [0.29, 0.717) is 16.8 Å². The Bertz CT molecular complexity index is 1050. The maximum absolute atomic E-state index is 11.7. The van der Waals surface area contributed by atoms with Gasteiger partial charge in [-0.3, -0.25) is 9.59 Å². The van der Waals surface area contributed by atoms with E-state index in [-0.39, 0.29) is 86.1 Å². The van der Waals surface area contributed by atoms with Gasteiger partial charge >= 0.3 is 68.9 Å². The Kier molecular flexibility index (Phi) is 9.37. The number of benzene rings is 2.